The van der Waals surface area contributed by atoms with Gasteiger partial charge in [-0.05, 0) is 48.2 Å². The minimum Gasteiger partial charge on any atom is -0.497 e. The Kier molecular flexibility index (Phi) is 5.54. The average Bonchev–Trinajstić information content (AvgIpc) is 3.64. The molecule has 0 spiro atoms. The van der Waals surface area contributed by atoms with E-state index in [1.807, 2.05) is 42.5 Å². The zero-order chi connectivity index (χ0) is 22.8. The SMILES string of the molecule is COC(=O)c1ccc(C2(Nc3nccc4c3N(Cc3cccc(OC)c3)CCO4)CC2)cc1. The van der Waals surface area contributed by atoms with Crippen molar-refractivity contribution in [2.75, 3.05) is 37.6 Å². The first kappa shape index (κ1) is 21.1. The molecular formula is C26H27N3O4. The van der Waals surface area contributed by atoms with Crippen LogP contribution in [0.2, 0.25) is 0 Å². The summed E-state index contributed by atoms with van der Waals surface area (Å²) in [5.74, 6) is 2.16. The summed E-state index contributed by atoms with van der Waals surface area (Å²) < 4.78 is 16.2. The van der Waals surface area contributed by atoms with E-state index in [2.05, 4.69) is 22.3 Å². The van der Waals surface area contributed by atoms with Crippen molar-refractivity contribution in [1.29, 1.82) is 0 Å². The van der Waals surface area contributed by atoms with Gasteiger partial charge in [0.15, 0.2) is 5.82 Å². The molecule has 1 N–H and O–H groups in total. The van der Waals surface area contributed by atoms with Gasteiger partial charge in [-0.1, -0.05) is 24.3 Å². The van der Waals surface area contributed by atoms with E-state index in [0.29, 0.717) is 12.2 Å². The predicted octanol–water partition coefficient (Wildman–Crippen LogP) is 4.38. The van der Waals surface area contributed by atoms with Crippen molar-refractivity contribution in [1.82, 2.24) is 4.98 Å². The maximum Gasteiger partial charge on any atom is 0.337 e. The lowest BCUT2D eigenvalue weighted by Gasteiger charge is -2.33. The quantitative estimate of drug-likeness (QED) is 0.541. The van der Waals surface area contributed by atoms with Gasteiger partial charge in [-0.25, -0.2) is 9.78 Å². The summed E-state index contributed by atoms with van der Waals surface area (Å²) in [5, 5.41) is 3.70. The Morgan fingerprint density at radius 3 is 2.70 bits per heavy atom. The van der Waals surface area contributed by atoms with Crippen LogP contribution in [0.4, 0.5) is 11.5 Å². The van der Waals surface area contributed by atoms with Crippen LogP contribution in [0.15, 0.2) is 60.8 Å². The van der Waals surface area contributed by atoms with E-state index in [9.17, 15) is 4.79 Å². The molecule has 2 aliphatic rings. The Morgan fingerprint density at radius 2 is 1.97 bits per heavy atom. The Morgan fingerprint density at radius 1 is 1.15 bits per heavy atom. The van der Waals surface area contributed by atoms with E-state index in [4.69, 9.17) is 19.2 Å². The van der Waals surface area contributed by atoms with Crippen LogP contribution in [0.25, 0.3) is 0 Å². The summed E-state index contributed by atoms with van der Waals surface area (Å²) in [5.41, 5.74) is 3.62. The Hall–Kier alpha value is -3.74. The summed E-state index contributed by atoms with van der Waals surface area (Å²) in [6.45, 7) is 2.13. The average molecular weight is 446 g/mol. The maximum absolute atomic E-state index is 11.8. The number of carbonyl (C=O) groups excluding carboxylic acids is 1. The molecule has 1 aliphatic carbocycles. The van der Waals surface area contributed by atoms with E-state index >= 15 is 0 Å². The number of ether oxygens (including phenoxy) is 3. The van der Waals surface area contributed by atoms with Gasteiger partial charge in [-0.3, -0.25) is 0 Å². The van der Waals surface area contributed by atoms with Crippen molar-refractivity contribution in [2.45, 2.75) is 24.9 Å². The van der Waals surface area contributed by atoms with E-state index in [1.165, 1.54) is 7.11 Å². The molecule has 2 aromatic carbocycles. The standard InChI is InChI=1S/C26H27N3O4/c1-31-21-5-3-4-18(16-21)17-29-14-15-33-22-10-13-27-24(23(22)29)28-26(11-12-26)20-8-6-19(7-9-20)25(30)32-2/h3-10,13,16H,11-12,14-15,17H2,1-2H3,(H,27,28). The van der Waals surface area contributed by atoms with Gasteiger partial charge in [0.2, 0.25) is 0 Å². The number of aromatic nitrogens is 1. The number of hydrogen-bond donors (Lipinski definition) is 1. The van der Waals surface area contributed by atoms with Crippen molar-refractivity contribution in [3.05, 3.63) is 77.5 Å². The molecule has 1 aliphatic heterocycles. The highest BCUT2D eigenvalue weighted by Gasteiger charge is 2.45. The topological polar surface area (TPSA) is 72.9 Å². The molecule has 0 bridgehead atoms. The predicted molar refractivity (Wildman–Crippen MR) is 126 cm³/mol. The number of carbonyl (C=O) groups is 1. The number of benzene rings is 2. The Balaban J connectivity index is 1.42. The van der Waals surface area contributed by atoms with Crippen molar-refractivity contribution in [3.8, 4) is 11.5 Å². The summed E-state index contributed by atoms with van der Waals surface area (Å²) in [4.78, 5) is 18.8. The van der Waals surface area contributed by atoms with E-state index < -0.39 is 0 Å². The van der Waals surface area contributed by atoms with Gasteiger partial charge >= 0.3 is 5.97 Å². The van der Waals surface area contributed by atoms with Crippen molar-refractivity contribution >= 4 is 17.5 Å². The molecule has 0 amide bonds. The van der Waals surface area contributed by atoms with Crippen LogP contribution in [-0.4, -0.2) is 38.3 Å². The summed E-state index contributed by atoms with van der Waals surface area (Å²) in [6, 6.07) is 17.7. The maximum atomic E-state index is 11.8. The lowest BCUT2D eigenvalue weighted by atomic mass is 10.0. The Bertz CT molecular complexity index is 1160. The number of rotatable bonds is 7. The molecule has 7 nitrogen and oxygen atoms in total. The van der Waals surface area contributed by atoms with Crippen LogP contribution in [0.1, 0.15) is 34.3 Å². The number of nitrogens with zero attached hydrogens (tertiary/aromatic N) is 2. The lowest BCUT2D eigenvalue weighted by molar-refractivity contribution is 0.0600. The molecule has 1 saturated carbocycles. The van der Waals surface area contributed by atoms with Gasteiger partial charge < -0.3 is 24.4 Å². The van der Waals surface area contributed by atoms with E-state index in [-0.39, 0.29) is 11.5 Å². The molecular weight excluding hydrogens is 418 g/mol. The molecule has 33 heavy (non-hydrogen) atoms. The number of anilines is 2. The lowest BCUT2D eigenvalue weighted by Crippen LogP contribution is -2.34. The highest BCUT2D eigenvalue weighted by molar-refractivity contribution is 5.89. The van der Waals surface area contributed by atoms with E-state index in [1.54, 1.807) is 13.3 Å². The third-order valence-corrected chi connectivity index (χ3v) is 6.30. The van der Waals surface area contributed by atoms with Crippen LogP contribution in [0, 0.1) is 0 Å². The summed E-state index contributed by atoms with van der Waals surface area (Å²) in [7, 11) is 3.08. The smallest absolute Gasteiger partial charge is 0.337 e. The van der Waals surface area contributed by atoms with E-state index in [0.717, 1.165) is 60.1 Å². The number of fused-ring (bicyclic) bond motifs is 1. The molecule has 3 aromatic rings. The highest BCUT2D eigenvalue weighted by Crippen LogP contribution is 2.50. The fourth-order valence-corrected chi connectivity index (χ4v) is 4.36. The van der Waals surface area contributed by atoms with Crippen molar-refractivity contribution in [3.63, 3.8) is 0 Å². The second-order valence-corrected chi connectivity index (χ2v) is 8.40. The normalized spacial score (nSPS) is 15.8. The first-order chi connectivity index (χ1) is 16.1. The second kappa shape index (κ2) is 8.65. The molecule has 1 fully saturated rings. The van der Waals surface area contributed by atoms with Gasteiger partial charge in [0.25, 0.3) is 0 Å². The molecule has 170 valence electrons. The zero-order valence-corrected chi connectivity index (χ0v) is 18.8. The van der Waals surface area contributed by atoms with Gasteiger partial charge in [0.05, 0.1) is 31.9 Å². The summed E-state index contributed by atoms with van der Waals surface area (Å²) >= 11 is 0. The number of hydrogen-bond acceptors (Lipinski definition) is 7. The summed E-state index contributed by atoms with van der Waals surface area (Å²) in [6.07, 6.45) is 3.77. The molecule has 5 rings (SSSR count). The largest absolute Gasteiger partial charge is 0.497 e. The van der Waals surface area contributed by atoms with Crippen LogP contribution >= 0.6 is 0 Å². The van der Waals surface area contributed by atoms with Gasteiger partial charge in [0, 0.05) is 18.8 Å². The monoisotopic (exact) mass is 445 g/mol. The second-order valence-electron chi connectivity index (χ2n) is 8.40. The third-order valence-electron chi connectivity index (χ3n) is 6.30. The number of nitrogens with one attached hydrogen (secondary N) is 1. The minimum absolute atomic E-state index is 0.199. The number of esters is 1. The molecule has 0 radical (unpaired) electrons. The molecule has 0 saturated heterocycles. The van der Waals surface area contributed by atoms with Gasteiger partial charge in [-0.15, -0.1) is 0 Å². The van der Waals surface area contributed by atoms with Gasteiger partial charge in [-0.2, -0.15) is 0 Å². The molecule has 0 atom stereocenters. The number of pyridine rings is 1. The molecule has 2 heterocycles. The van der Waals surface area contributed by atoms with Crippen LogP contribution < -0.4 is 19.7 Å². The Labute approximate surface area is 193 Å². The highest BCUT2D eigenvalue weighted by atomic mass is 16.5. The molecule has 7 heteroatoms. The fourth-order valence-electron chi connectivity index (χ4n) is 4.36. The van der Waals surface area contributed by atoms with Crippen LogP contribution in [0.5, 0.6) is 11.5 Å². The first-order valence-electron chi connectivity index (χ1n) is 11.1. The zero-order valence-electron chi connectivity index (χ0n) is 18.8. The fraction of sp³-hybridized carbons (Fsp3) is 0.308. The minimum atomic E-state index is -0.330. The van der Waals surface area contributed by atoms with Gasteiger partial charge in [0.1, 0.15) is 23.8 Å². The third kappa shape index (κ3) is 4.18. The first-order valence-corrected chi connectivity index (χ1v) is 11.1. The number of methoxy groups -OCH3 is 2. The van der Waals surface area contributed by atoms with Crippen LogP contribution in [0.3, 0.4) is 0 Å². The molecule has 1 aromatic heterocycles. The van der Waals surface area contributed by atoms with Crippen LogP contribution in [-0.2, 0) is 16.8 Å². The van der Waals surface area contributed by atoms with Crippen molar-refractivity contribution in [2.24, 2.45) is 0 Å². The molecule has 0 unspecified atom stereocenters. The van der Waals surface area contributed by atoms with Crippen molar-refractivity contribution < 1.29 is 19.0 Å².